The van der Waals surface area contributed by atoms with Gasteiger partial charge in [-0.05, 0) is 17.7 Å². The summed E-state index contributed by atoms with van der Waals surface area (Å²) in [4.78, 5) is 10.8. The van der Waals surface area contributed by atoms with Crippen LogP contribution in [0.25, 0.3) is 0 Å². The summed E-state index contributed by atoms with van der Waals surface area (Å²) in [5.41, 5.74) is 4.83. The minimum absolute atomic E-state index is 0.0169. The smallest absolute Gasteiger partial charge is 0.307 e. The highest BCUT2D eigenvalue weighted by Gasteiger charge is 2.09. The molecule has 90 valence electrons. The summed E-state index contributed by atoms with van der Waals surface area (Å²) in [6.45, 7) is 6.48. The lowest BCUT2D eigenvalue weighted by molar-refractivity contribution is -0.136. The Kier molecular flexibility index (Phi) is 4.55. The molecule has 2 nitrogen and oxygen atoms in total. The molecule has 4 heteroatoms. The Labute approximate surface area is 111 Å². The molecule has 1 aromatic rings. The van der Waals surface area contributed by atoms with Crippen molar-refractivity contribution in [2.45, 2.75) is 26.1 Å². The molecule has 0 bridgehead atoms. The standard InChI is InChI=1S/C13H15BrO2Si/c1-17(2,3)7-6-11-8-12(14)5-4-10(11)9-13(15)16/h4-5,8H,9H2,1-3H3,(H,15,16). The summed E-state index contributed by atoms with van der Waals surface area (Å²) >= 11 is 3.38. The fraction of sp³-hybridized carbons (Fsp3) is 0.308. The third-order valence-electron chi connectivity index (χ3n) is 1.99. The molecule has 0 atom stereocenters. The maximum absolute atomic E-state index is 10.8. The van der Waals surface area contributed by atoms with Crippen LogP contribution in [-0.2, 0) is 11.2 Å². The molecule has 0 radical (unpaired) electrons. The maximum atomic E-state index is 10.8. The Morgan fingerprint density at radius 1 is 1.41 bits per heavy atom. The van der Waals surface area contributed by atoms with Crippen molar-refractivity contribution in [3.8, 4) is 11.5 Å². The van der Waals surface area contributed by atoms with Crippen LogP contribution in [-0.4, -0.2) is 19.1 Å². The van der Waals surface area contributed by atoms with E-state index < -0.39 is 14.0 Å². The number of halogens is 1. The Morgan fingerprint density at radius 2 is 2.06 bits per heavy atom. The van der Waals surface area contributed by atoms with E-state index in [1.807, 2.05) is 18.2 Å². The van der Waals surface area contributed by atoms with Crippen LogP contribution in [0.15, 0.2) is 22.7 Å². The van der Waals surface area contributed by atoms with E-state index in [1.165, 1.54) is 0 Å². The van der Waals surface area contributed by atoms with Crippen molar-refractivity contribution in [1.29, 1.82) is 0 Å². The van der Waals surface area contributed by atoms with E-state index in [4.69, 9.17) is 5.11 Å². The van der Waals surface area contributed by atoms with Gasteiger partial charge in [-0.2, -0.15) is 0 Å². The normalized spacial score (nSPS) is 10.6. The van der Waals surface area contributed by atoms with E-state index in [0.29, 0.717) is 0 Å². The Balaban J connectivity index is 3.14. The quantitative estimate of drug-likeness (QED) is 0.672. The predicted molar refractivity (Wildman–Crippen MR) is 75.7 cm³/mol. The zero-order valence-electron chi connectivity index (χ0n) is 10.2. The van der Waals surface area contributed by atoms with Crippen molar-refractivity contribution < 1.29 is 9.90 Å². The number of carboxylic acids is 1. The molecular formula is C13H15BrO2Si. The number of carbonyl (C=O) groups is 1. The molecular weight excluding hydrogens is 296 g/mol. The van der Waals surface area contributed by atoms with Gasteiger partial charge in [0.2, 0.25) is 0 Å². The first kappa shape index (κ1) is 14.0. The minimum Gasteiger partial charge on any atom is -0.481 e. The van der Waals surface area contributed by atoms with Crippen LogP contribution in [0.3, 0.4) is 0 Å². The van der Waals surface area contributed by atoms with Crippen molar-refractivity contribution in [3.05, 3.63) is 33.8 Å². The van der Waals surface area contributed by atoms with Crippen LogP contribution in [0.1, 0.15) is 11.1 Å². The minimum atomic E-state index is -1.44. The molecule has 1 aromatic carbocycles. The average Bonchev–Trinajstić information content (AvgIpc) is 2.16. The third-order valence-corrected chi connectivity index (χ3v) is 3.35. The Bertz CT molecular complexity index is 492. The zero-order valence-corrected chi connectivity index (χ0v) is 12.8. The van der Waals surface area contributed by atoms with Gasteiger partial charge < -0.3 is 5.11 Å². The second-order valence-electron chi connectivity index (χ2n) is 4.87. The molecule has 1 rings (SSSR count). The number of carboxylic acid groups (broad SMARTS) is 1. The van der Waals surface area contributed by atoms with Gasteiger partial charge in [0, 0.05) is 10.0 Å². The van der Waals surface area contributed by atoms with Crippen molar-refractivity contribution in [2.24, 2.45) is 0 Å². The van der Waals surface area contributed by atoms with Gasteiger partial charge in [0.15, 0.2) is 0 Å². The van der Waals surface area contributed by atoms with E-state index in [-0.39, 0.29) is 6.42 Å². The Hall–Kier alpha value is -1.05. The molecule has 0 aliphatic carbocycles. The topological polar surface area (TPSA) is 37.3 Å². The SMILES string of the molecule is C[Si](C)(C)C#Cc1cc(Br)ccc1CC(=O)O. The van der Waals surface area contributed by atoms with E-state index >= 15 is 0 Å². The van der Waals surface area contributed by atoms with Gasteiger partial charge in [-0.25, -0.2) is 0 Å². The van der Waals surface area contributed by atoms with Crippen molar-refractivity contribution in [3.63, 3.8) is 0 Å². The summed E-state index contributed by atoms with van der Waals surface area (Å²) < 4.78 is 0.923. The molecule has 0 aromatic heterocycles. The first-order valence-electron chi connectivity index (χ1n) is 5.31. The van der Waals surface area contributed by atoms with Gasteiger partial charge in [-0.3, -0.25) is 4.79 Å². The highest BCUT2D eigenvalue weighted by atomic mass is 79.9. The monoisotopic (exact) mass is 310 g/mol. The van der Waals surface area contributed by atoms with Crippen LogP contribution >= 0.6 is 15.9 Å². The van der Waals surface area contributed by atoms with Gasteiger partial charge >= 0.3 is 5.97 Å². The van der Waals surface area contributed by atoms with E-state index in [1.54, 1.807) is 0 Å². The molecule has 0 unspecified atom stereocenters. The van der Waals surface area contributed by atoms with Crippen LogP contribution in [0, 0.1) is 11.5 Å². The largest absolute Gasteiger partial charge is 0.481 e. The third kappa shape index (κ3) is 5.20. The lowest BCUT2D eigenvalue weighted by Crippen LogP contribution is -2.16. The fourth-order valence-corrected chi connectivity index (χ4v) is 2.11. The molecule has 0 amide bonds. The summed E-state index contributed by atoms with van der Waals surface area (Å²) in [7, 11) is -1.44. The van der Waals surface area contributed by atoms with Gasteiger partial charge in [0.05, 0.1) is 6.42 Å². The summed E-state index contributed by atoms with van der Waals surface area (Å²) in [5, 5.41) is 8.84. The molecule has 17 heavy (non-hydrogen) atoms. The second kappa shape index (κ2) is 5.52. The van der Waals surface area contributed by atoms with E-state index in [9.17, 15) is 4.79 Å². The van der Waals surface area contributed by atoms with Crippen LogP contribution in [0.2, 0.25) is 19.6 Å². The van der Waals surface area contributed by atoms with Crippen molar-refractivity contribution in [2.75, 3.05) is 0 Å². The van der Waals surface area contributed by atoms with Gasteiger partial charge in [0.25, 0.3) is 0 Å². The van der Waals surface area contributed by atoms with Crippen molar-refractivity contribution in [1.82, 2.24) is 0 Å². The number of benzene rings is 1. The molecule has 0 fully saturated rings. The molecule has 0 aliphatic rings. The number of hydrogen-bond donors (Lipinski definition) is 1. The molecule has 0 aliphatic heterocycles. The first-order chi connectivity index (χ1) is 7.78. The van der Waals surface area contributed by atoms with E-state index in [2.05, 4.69) is 47.0 Å². The fourth-order valence-electron chi connectivity index (χ4n) is 1.24. The lowest BCUT2D eigenvalue weighted by Gasteiger charge is -2.06. The lowest BCUT2D eigenvalue weighted by atomic mass is 10.1. The van der Waals surface area contributed by atoms with Crippen molar-refractivity contribution >= 4 is 30.0 Å². The van der Waals surface area contributed by atoms with Gasteiger partial charge in [0.1, 0.15) is 8.07 Å². The summed E-state index contributed by atoms with van der Waals surface area (Å²) in [5.74, 6) is 2.29. The summed E-state index contributed by atoms with van der Waals surface area (Å²) in [6, 6.07) is 5.54. The highest BCUT2D eigenvalue weighted by Crippen LogP contribution is 2.17. The molecule has 0 heterocycles. The average molecular weight is 311 g/mol. The first-order valence-corrected chi connectivity index (χ1v) is 9.60. The highest BCUT2D eigenvalue weighted by molar-refractivity contribution is 9.10. The number of hydrogen-bond acceptors (Lipinski definition) is 1. The summed E-state index contributed by atoms with van der Waals surface area (Å²) in [6.07, 6.45) is 0.0169. The molecule has 0 saturated carbocycles. The Morgan fingerprint density at radius 3 is 2.59 bits per heavy atom. The van der Waals surface area contributed by atoms with E-state index in [0.717, 1.165) is 15.6 Å². The second-order valence-corrected chi connectivity index (χ2v) is 10.5. The van der Waals surface area contributed by atoms with Gasteiger partial charge in [-0.15, -0.1) is 5.54 Å². The zero-order chi connectivity index (χ0) is 13.1. The van der Waals surface area contributed by atoms with Crippen LogP contribution in [0.5, 0.6) is 0 Å². The predicted octanol–water partition coefficient (Wildman–Crippen LogP) is 3.31. The maximum Gasteiger partial charge on any atom is 0.307 e. The molecule has 0 saturated heterocycles. The molecule has 1 N–H and O–H groups in total. The van der Waals surface area contributed by atoms with Gasteiger partial charge in [-0.1, -0.05) is 47.6 Å². The van der Waals surface area contributed by atoms with Crippen LogP contribution in [0.4, 0.5) is 0 Å². The molecule has 0 spiro atoms. The number of rotatable bonds is 2. The number of aliphatic carboxylic acids is 1. The van der Waals surface area contributed by atoms with Crippen LogP contribution < -0.4 is 0 Å².